The molecule has 2 aromatic rings. The van der Waals surface area contributed by atoms with Crippen molar-refractivity contribution in [1.29, 1.82) is 0 Å². The maximum Gasteiger partial charge on any atom is 0.170 e. The first-order valence-electron chi connectivity index (χ1n) is 6.52. The molecule has 20 heavy (non-hydrogen) atoms. The normalized spacial score (nSPS) is 11.6. The fourth-order valence-corrected chi connectivity index (χ4v) is 1.96. The monoisotopic (exact) mass is 269 g/mol. The van der Waals surface area contributed by atoms with Gasteiger partial charge in [0, 0.05) is 18.7 Å². The topological polar surface area (TPSA) is 70.6 Å². The van der Waals surface area contributed by atoms with Gasteiger partial charge in [-0.3, -0.25) is 0 Å². The van der Waals surface area contributed by atoms with E-state index in [9.17, 15) is 0 Å². The van der Waals surface area contributed by atoms with Crippen molar-refractivity contribution in [3.8, 4) is 0 Å². The lowest BCUT2D eigenvalue weighted by Crippen LogP contribution is -2.15. The molecular formula is C16H19N3O. The quantitative estimate of drug-likeness (QED) is 0.338. The fourth-order valence-electron chi connectivity index (χ4n) is 1.96. The molecule has 0 saturated heterocycles. The Kier molecular flexibility index (Phi) is 4.74. The molecule has 0 aliphatic carbocycles. The molecule has 0 atom stereocenters. The second kappa shape index (κ2) is 6.73. The lowest BCUT2D eigenvalue weighted by Gasteiger charge is -2.07. The zero-order valence-electron chi connectivity index (χ0n) is 11.5. The molecule has 104 valence electrons. The van der Waals surface area contributed by atoms with Gasteiger partial charge in [-0.2, -0.15) is 0 Å². The number of aryl methyl sites for hydroxylation is 1. The smallest absolute Gasteiger partial charge is 0.170 e. The third-order valence-corrected chi connectivity index (χ3v) is 3.11. The summed E-state index contributed by atoms with van der Waals surface area (Å²) in [6.07, 6.45) is 0. The molecule has 0 aliphatic rings. The Balaban J connectivity index is 1.92. The average molecular weight is 269 g/mol. The van der Waals surface area contributed by atoms with Crippen molar-refractivity contribution < 1.29 is 5.21 Å². The van der Waals surface area contributed by atoms with Crippen LogP contribution in [0.25, 0.3) is 0 Å². The molecule has 0 radical (unpaired) electrons. The highest BCUT2D eigenvalue weighted by molar-refractivity contribution is 5.97. The Hall–Kier alpha value is -2.33. The number of rotatable bonds is 5. The molecule has 4 heteroatoms. The maximum absolute atomic E-state index is 8.67. The van der Waals surface area contributed by atoms with Crippen molar-refractivity contribution in [3.05, 3.63) is 70.8 Å². The van der Waals surface area contributed by atoms with Gasteiger partial charge in [-0.25, -0.2) is 0 Å². The van der Waals surface area contributed by atoms with E-state index in [-0.39, 0.29) is 5.84 Å². The predicted octanol–water partition coefficient (Wildman–Crippen LogP) is 2.38. The molecule has 2 aromatic carbocycles. The summed E-state index contributed by atoms with van der Waals surface area (Å²) in [7, 11) is 0. The average Bonchev–Trinajstić information content (AvgIpc) is 2.49. The summed E-state index contributed by atoms with van der Waals surface area (Å²) in [6.45, 7) is 3.63. The zero-order chi connectivity index (χ0) is 14.4. The number of hydrogen-bond donors (Lipinski definition) is 3. The highest BCUT2D eigenvalue weighted by Gasteiger charge is 2.00. The van der Waals surface area contributed by atoms with E-state index in [0.717, 1.165) is 24.2 Å². The minimum absolute atomic E-state index is 0.130. The van der Waals surface area contributed by atoms with Crippen LogP contribution in [0.4, 0.5) is 0 Å². The third kappa shape index (κ3) is 3.83. The molecule has 4 nitrogen and oxygen atoms in total. The van der Waals surface area contributed by atoms with E-state index < -0.39 is 0 Å². The van der Waals surface area contributed by atoms with Gasteiger partial charge < -0.3 is 16.3 Å². The number of hydrogen-bond acceptors (Lipinski definition) is 3. The minimum Gasteiger partial charge on any atom is -0.409 e. The van der Waals surface area contributed by atoms with Gasteiger partial charge in [0.1, 0.15) is 0 Å². The van der Waals surface area contributed by atoms with Crippen LogP contribution in [-0.2, 0) is 13.1 Å². The Morgan fingerprint density at radius 1 is 1.10 bits per heavy atom. The number of oxime groups is 1. The van der Waals surface area contributed by atoms with Crippen molar-refractivity contribution in [1.82, 2.24) is 5.32 Å². The fraction of sp³-hybridized carbons (Fsp3) is 0.188. The molecule has 0 heterocycles. The van der Waals surface area contributed by atoms with Crippen LogP contribution < -0.4 is 11.1 Å². The highest BCUT2D eigenvalue weighted by Crippen LogP contribution is 2.06. The van der Waals surface area contributed by atoms with Crippen LogP contribution in [0.2, 0.25) is 0 Å². The van der Waals surface area contributed by atoms with E-state index in [2.05, 4.69) is 41.7 Å². The molecule has 4 N–H and O–H groups in total. The summed E-state index contributed by atoms with van der Waals surface area (Å²) in [5, 5.41) is 15.1. The summed E-state index contributed by atoms with van der Waals surface area (Å²) in [5.41, 5.74) is 9.92. The van der Waals surface area contributed by atoms with Gasteiger partial charge in [0.05, 0.1) is 0 Å². The van der Waals surface area contributed by atoms with Crippen LogP contribution >= 0.6 is 0 Å². The number of nitrogens with one attached hydrogen (secondary N) is 1. The Morgan fingerprint density at radius 2 is 1.80 bits per heavy atom. The van der Waals surface area contributed by atoms with Crippen molar-refractivity contribution in [2.75, 3.05) is 0 Å². The summed E-state index contributed by atoms with van der Waals surface area (Å²) in [4.78, 5) is 0. The predicted molar refractivity (Wildman–Crippen MR) is 80.7 cm³/mol. The third-order valence-electron chi connectivity index (χ3n) is 3.11. The van der Waals surface area contributed by atoms with Crippen molar-refractivity contribution in [2.45, 2.75) is 20.0 Å². The molecule has 0 bridgehead atoms. The van der Waals surface area contributed by atoms with Gasteiger partial charge in [0.25, 0.3) is 0 Å². The first-order chi connectivity index (χ1) is 9.69. The second-order valence-corrected chi connectivity index (χ2v) is 4.77. The zero-order valence-corrected chi connectivity index (χ0v) is 11.5. The summed E-state index contributed by atoms with van der Waals surface area (Å²) in [5.74, 6) is 0.130. The minimum atomic E-state index is 0.130. The molecule has 0 unspecified atom stereocenters. The van der Waals surface area contributed by atoms with Gasteiger partial charge in [-0.15, -0.1) is 0 Å². The second-order valence-electron chi connectivity index (χ2n) is 4.77. The molecule has 0 fully saturated rings. The lowest BCUT2D eigenvalue weighted by atomic mass is 10.1. The standard InChI is InChI=1S/C16H19N3O/c1-12-5-7-13(8-6-12)10-18-11-14-3-2-4-15(9-14)16(17)19-20/h2-9,18,20H,10-11H2,1H3,(H2,17,19). The molecule has 0 amide bonds. The van der Waals surface area contributed by atoms with E-state index in [1.54, 1.807) is 0 Å². The van der Waals surface area contributed by atoms with Crippen LogP contribution in [0.3, 0.4) is 0 Å². The van der Waals surface area contributed by atoms with Crippen molar-refractivity contribution in [3.63, 3.8) is 0 Å². The lowest BCUT2D eigenvalue weighted by molar-refractivity contribution is 0.318. The number of benzene rings is 2. The van der Waals surface area contributed by atoms with Crippen LogP contribution in [0.5, 0.6) is 0 Å². The summed E-state index contributed by atoms with van der Waals surface area (Å²) < 4.78 is 0. The van der Waals surface area contributed by atoms with Gasteiger partial charge in [-0.05, 0) is 24.1 Å². The molecule has 0 aromatic heterocycles. The van der Waals surface area contributed by atoms with Crippen LogP contribution in [0.1, 0.15) is 22.3 Å². The van der Waals surface area contributed by atoms with E-state index in [4.69, 9.17) is 10.9 Å². The van der Waals surface area contributed by atoms with Gasteiger partial charge in [0.2, 0.25) is 0 Å². The number of nitrogens with zero attached hydrogens (tertiary/aromatic N) is 1. The summed E-state index contributed by atoms with van der Waals surface area (Å²) >= 11 is 0. The Bertz CT molecular complexity index is 591. The van der Waals surface area contributed by atoms with Crippen LogP contribution in [-0.4, -0.2) is 11.0 Å². The van der Waals surface area contributed by atoms with E-state index in [0.29, 0.717) is 0 Å². The van der Waals surface area contributed by atoms with E-state index >= 15 is 0 Å². The van der Waals surface area contributed by atoms with E-state index in [1.807, 2.05) is 24.3 Å². The summed E-state index contributed by atoms with van der Waals surface area (Å²) in [6, 6.07) is 16.1. The Labute approximate surface area is 118 Å². The molecule has 2 rings (SSSR count). The van der Waals surface area contributed by atoms with Crippen molar-refractivity contribution in [2.24, 2.45) is 10.9 Å². The van der Waals surface area contributed by atoms with E-state index in [1.165, 1.54) is 11.1 Å². The Morgan fingerprint density at radius 3 is 2.50 bits per heavy atom. The number of amidine groups is 1. The van der Waals surface area contributed by atoms with Crippen LogP contribution in [0.15, 0.2) is 53.7 Å². The van der Waals surface area contributed by atoms with Gasteiger partial charge in [-0.1, -0.05) is 53.2 Å². The molecular weight excluding hydrogens is 250 g/mol. The first-order valence-corrected chi connectivity index (χ1v) is 6.52. The maximum atomic E-state index is 8.67. The molecule has 0 aliphatic heterocycles. The van der Waals surface area contributed by atoms with Gasteiger partial charge >= 0.3 is 0 Å². The van der Waals surface area contributed by atoms with Gasteiger partial charge in [0.15, 0.2) is 5.84 Å². The SMILES string of the molecule is Cc1ccc(CNCc2cccc(C(N)=NO)c2)cc1. The largest absolute Gasteiger partial charge is 0.409 e. The number of nitrogens with two attached hydrogens (primary N) is 1. The molecule has 0 spiro atoms. The highest BCUT2D eigenvalue weighted by atomic mass is 16.4. The first kappa shape index (κ1) is 14.1. The molecule has 0 saturated carbocycles. The van der Waals surface area contributed by atoms with Crippen molar-refractivity contribution >= 4 is 5.84 Å². The van der Waals surface area contributed by atoms with Crippen LogP contribution in [0, 0.1) is 6.92 Å².